The van der Waals surface area contributed by atoms with Gasteiger partial charge in [0.05, 0.1) is 0 Å². The first-order valence-corrected chi connectivity index (χ1v) is 3.13. The molecule has 0 aliphatic rings. The van der Waals surface area contributed by atoms with E-state index in [1.807, 2.05) is 23.3 Å². The van der Waals surface area contributed by atoms with Crippen molar-refractivity contribution in [2.75, 3.05) is 0 Å². The second kappa shape index (κ2) is 2.64. The molecule has 1 atom stereocenters. The number of nitrogens with two attached hydrogens (primary N) is 1. The first-order valence-electron chi connectivity index (χ1n) is 3.13. The van der Waals surface area contributed by atoms with E-state index >= 15 is 0 Å². The third-order valence-electron chi connectivity index (χ3n) is 1.37. The molecule has 1 aromatic heterocycles. The molecule has 50 valence electrons. The van der Waals surface area contributed by atoms with Crippen molar-refractivity contribution in [2.45, 2.75) is 19.5 Å². The van der Waals surface area contributed by atoms with E-state index in [9.17, 15) is 0 Å². The molecule has 3 nitrogen and oxygen atoms in total. The van der Waals surface area contributed by atoms with Gasteiger partial charge in [-0.15, -0.1) is 0 Å². The van der Waals surface area contributed by atoms with Crippen LogP contribution in [0.25, 0.3) is 0 Å². The van der Waals surface area contributed by atoms with E-state index in [-0.39, 0.29) is 6.17 Å². The molecule has 9 heavy (non-hydrogen) atoms. The number of aromatic nitrogens is 2. The first-order chi connectivity index (χ1) is 4.34. The smallest absolute Gasteiger partial charge is 0.242 e. The standard InChI is InChI=1S/C6H11N3/c1-2-6(7)9-4-3-8-5-9/h3-6H,2,7H2,1H3/p+1. The van der Waals surface area contributed by atoms with Gasteiger partial charge in [-0.1, -0.05) is 6.92 Å². The van der Waals surface area contributed by atoms with Crippen molar-refractivity contribution in [3.8, 4) is 0 Å². The number of aromatic amines is 1. The van der Waals surface area contributed by atoms with E-state index < -0.39 is 0 Å². The second-order valence-corrected chi connectivity index (χ2v) is 2.03. The van der Waals surface area contributed by atoms with E-state index in [4.69, 9.17) is 5.73 Å². The molecule has 0 aromatic carbocycles. The second-order valence-electron chi connectivity index (χ2n) is 2.03. The van der Waals surface area contributed by atoms with Gasteiger partial charge >= 0.3 is 0 Å². The predicted octanol–water partition coefficient (Wildman–Crippen LogP) is 0.169. The van der Waals surface area contributed by atoms with Gasteiger partial charge in [0.2, 0.25) is 6.33 Å². The molecule has 1 aromatic rings. The number of nitrogens with one attached hydrogen (secondary N) is 1. The van der Waals surface area contributed by atoms with E-state index in [1.54, 1.807) is 0 Å². The highest BCUT2D eigenvalue weighted by molar-refractivity contribution is 4.56. The van der Waals surface area contributed by atoms with Gasteiger partial charge in [0, 0.05) is 0 Å². The molecule has 0 amide bonds. The molecular weight excluding hydrogens is 114 g/mol. The Morgan fingerprint density at radius 1 is 1.78 bits per heavy atom. The summed E-state index contributed by atoms with van der Waals surface area (Å²) in [6.07, 6.45) is 6.72. The van der Waals surface area contributed by atoms with E-state index in [1.165, 1.54) is 0 Å². The minimum Gasteiger partial charge on any atom is -0.293 e. The highest BCUT2D eigenvalue weighted by Gasteiger charge is 2.04. The van der Waals surface area contributed by atoms with Crippen molar-refractivity contribution in [2.24, 2.45) is 5.73 Å². The minimum absolute atomic E-state index is 0.122. The van der Waals surface area contributed by atoms with Crippen molar-refractivity contribution in [3.05, 3.63) is 18.7 Å². The number of rotatable bonds is 2. The van der Waals surface area contributed by atoms with Gasteiger partial charge in [-0.05, 0) is 6.42 Å². The number of hydrogen-bond acceptors (Lipinski definition) is 1. The van der Waals surface area contributed by atoms with Crippen LogP contribution in [0.1, 0.15) is 19.5 Å². The molecule has 0 radical (unpaired) electrons. The van der Waals surface area contributed by atoms with Gasteiger partial charge < -0.3 is 0 Å². The fraction of sp³-hybridized carbons (Fsp3) is 0.500. The van der Waals surface area contributed by atoms with Crippen LogP contribution in [0.15, 0.2) is 18.7 Å². The molecule has 0 aliphatic heterocycles. The van der Waals surface area contributed by atoms with Crippen LogP contribution in [0, 0.1) is 0 Å². The van der Waals surface area contributed by atoms with Crippen molar-refractivity contribution in [1.29, 1.82) is 0 Å². The van der Waals surface area contributed by atoms with E-state index in [2.05, 4.69) is 11.9 Å². The van der Waals surface area contributed by atoms with Gasteiger partial charge in [0.15, 0.2) is 0 Å². The Morgan fingerprint density at radius 2 is 2.56 bits per heavy atom. The number of H-pyrrole nitrogens is 1. The fourth-order valence-corrected chi connectivity index (χ4v) is 0.718. The minimum atomic E-state index is 0.122. The van der Waals surface area contributed by atoms with Gasteiger partial charge in [-0.3, -0.25) is 10.7 Å². The van der Waals surface area contributed by atoms with Crippen LogP contribution < -0.4 is 10.3 Å². The van der Waals surface area contributed by atoms with Gasteiger partial charge in [-0.25, -0.2) is 4.57 Å². The number of nitrogens with zero attached hydrogens (tertiary/aromatic N) is 1. The SMILES string of the molecule is CCC(N)[n+]1cc[nH]c1. The van der Waals surface area contributed by atoms with Crippen LogP contribution in [0.5, 0.6) is 0 Å². The van der Waals surface area contributed by atoms with Crippen molar-refractivity contribution >= 4 is 0 Å². The maximum Gasteiger partial charge on any atom is 0.242 e. The average molecular weight is 126 g/mol. The third kappa shape index (κ3) is 1.29. The lowest BCUT2D eigenvalue weighted by molar-refractivity contribution is -0.721. The molecule has 0 fully saturated rings. The van der Waals surface area contributed by atoms with Crippen LogP contribution in [0.2, 0.25) is 0 Å². The fourth-order valence-electron chi connectivity index (χ4n) is 0.718. The summed E-state index contributed by atoms with van der Waals surface area (Å²) in [6, 6.07) is 0. The number of hydrogen-bond donors (Lipinski definition) is 2. The van der Waals surface area contributed by atoms with E-state index in [0.717, 1.165) is 6.42 Å². The Labute approximate surface area is 54.5 Å². The van der Waals surface area contributed by atoms with Gasteiger partial charge in [0.25, 0.3) is 0 Å². The largest absolute Gasteiger partial charge is 0.293 e. The summed E-state index contributed by atoms with van der Waals surface area (Å²) in [6.45, 7) is 2.06. The van der Waals surface area contributed by atoms with Crippen molar-refractivity contribution in [3.63, 3.8) is 0 Å². The van der Waals surface area contributed by atoms with Crippen LogP contribution in [-0.4, -0.2) is 4.98 Å². The molecule has 1 unspecified atom stereocenters. The first kappa shape index (κ1) is 6.29. The predicted molar refractivity (Wildman–Crippen MR) is 34.5 cm³/mol. The molecule has 0 saturated heterocycles. The summed E-state index contributed by atoms with van der Waals surface area (Å²) in [4.78, 5) is 2.93. The Bertz CT molecular complexity index is 157. The van der Waals surface area contributed by atoms with Crippen molar-refractivity contribution in [1.82, 2.24) is 4.98 Å². The molecule has 1 heterocycles. The summed E-state index contributed by atoms with van der Waals surface area (Å²) in [5, 5.41) is 0. The monoisotopic (exact) mass is 126 g/mol. The maximum atomic E-state index is 5.68. The lowest BCUT2D eigenvalue weighted by Gasteiger charge is -2.01. The van der Waals surface area contributed by atoms with Crippen molar-refractivity contribution < 1.29 is 4.57 Å². The molecule has 0 spiro atoms. The summed E-state index contributed by atoms with van der Waals surface area (Å²) in [5.74, 6) is 0. The summed E-state index contributed by atoms with van der Waals surface area (Å²) < 4.78 is 1.94. The molecular formula is C6H12N3+. The molecule has 1 rings (SSSR count). The lowest BCUT2D eigenvalue weighted by atomic mass is 10.4. The Hall–Kier alpha value is -0.830. The summed E-state index contributed by atoms with van der Waals surface area (Å²) >= 11 is 0. The Balaban J connectivity index is 2.65. The van der Waals surface area contributed by atoms with E-state index in [0.29, 0.717) is 0 Å². The average Bonchev–Trinajstić information content (AvgIpc) is 2.37. The Kier molecular flexibility index (Phi) is 1.85. The van der Waals surface area contributed by atoms with Gasteiger partial charge in [0.1, 0.15) is 18.6 Å². The normalized spacial score (nSPS) is 13.6. The maximum absolute atomic E-state index is 5.68. The molecule has 0 saturated carbocycles. The molecule has 3 heteroatoms. The summed E-state index contributed by atoms with van der Waals surface area (Å²) in [7, 11) is 0. The highest BCUT2D eigenvalue weighted by atomic mass is 15.1. The lowest BCUT2D eigenvalue weighted by Crippen LogP contribution is -2.42. The highest BCUT2D eigenvalue weighted by Crippen LogP contribution is 1.88. The zero-order valence-electron chi connectivity index (χ0n) is 5.54. The topological polar surface area (TPSA) is 45.7 Å². The molecule has 0 aliphatic carbocycles. The van der Waals surface area contributed by atoms with Crippen LogP contribution in [0.3, 0.4) is 0 Å². The number of imidazole rings is 1. The quantitative estimate of drug-likeness (QED) is 0.545. The van der Waals surface area contributed by atoms with Crippen LogP contribution >= 0.6 is 0 Å². The zero-order valence-corrected chi connectivity index (χ0v) is 5.54. The molecule has 0 bridgehead atoms. The zero-order chi connectivity index (χ0) is 6.69. The Morgan fingerprint density at radius 3 is 3.00 bits per heavy atom. The molecule has 3 N–H and O–H groups in total. The van der Waals surface area contributed by atoms with Crippen LogP contribution in [0.4, 0.5) is 0 Å². The van der Waals surface area contributed by atoms with Gasteiger partial charge in [-0.2, -0.15) is 0 Å². The summed E-state index contributed by atoms with van der Waals surface area (Å²) in [5.41, 5.74) is 5.68. The third-order valence-corrected chi connectivity index (χ3v) is 1.37. The van der Waals surface area contributed by atoms with Crippen LogP contribution in [-0.2, 0) is 0 Å².